The molecule has 1 aromatic heterocycles. The Balaban J connectivity index is 2.17. The van der Waals surface area contributed by atoms with Crippen LogP contribution in [0.3, 0.4) is 0 Å². The van der Waals surface area contributed by atoms with Crippen LogP contribution in [0.1, 0.15) is 23.0 Å². The van der Waals surface area contributed by atoms with Crippen molar-refractivity contribution >= 4 is 11.7 Å². The second-order valence-electron chi connectivity index (χ2n) is 4.19. The standard InChI is InChI=1S/C14H17N3O3/c1-4-20-11-6-5-10(8-12(11)19-3)14(18)15-13-7-9(2)16-17-13/h5-8H,4H2,1-3H3,(H2,15,16,17,18). The van der Waals surface area contributed by atoms with Gasteiger partial charge in [0.25, 0.3) is 5.91 Å². The van der Waals surface area contributed by atoms with Gasteiger partial charge in [0.2, 0.25) is 0 Å². The molecule has 6 nitrogen and oxygen atoms in total. The number of methoxy groups -OCH3 is 1. The van der Waals surface area contributed by atoms with Gasteiger partial charge in [0, 0.05) is 17.3 Å². The highest BCUT2D eigenvalue weighted by Crippen LogP contribution is 2.28. The van der Waals surface area contributed by atoms with E-state index in [-0.39, 0.29) is 5.91 Å². The first kappa shape index (κ1) is 13.9. The van der Waals surface area contributed by atoms with Crippen molar-refractivity contribution in [1.82, 2.24) is 10.2 Å². The van der Waals surface area contributed by atoms with Crippen LogP contribution < -0.4 is 14.8 Å². The first-order valence-corrected chi connectivity index (χ1v) is 6.28. The summed E-state index contributed by atoms with van der Waals surface area (Å²) in [6, 6.07) is 6.79. The smallest absolute Gasteiger partial charge is 0.257 e. The van der Waals surface area contributed by atoms with E-state index in [0.717, 1.165) is 5.69 Å². The number of aromatic amines is 1. The van der Waals surface area contributed by atoms with Gasteiger partial charge in [-0.25, -0.2) is 0 Å². The van der Waals surface area contributed by atoms with Crippen molar-refractivity contribution in [3.8, 4) is 11.5 Å². The van der Waals surface area contributed by atoms with Crippen molar-refractivity contribution in [3.63, 3.8) is 0 Å². The molecule has 0 radical (unpaired) electrons. The van der Waals surface area contributed by atoms with Crippen LogP contribution in [0.5, 0.6) is 11.5 Å². The molecule has 0 aliphatic carbocycles. The summed E-state index contributed by atoms with van der Waals surface area (Å²) in [5.41, 5.74) is 1.36. The molecule has 0 saturated heterocycles. The van der Waals surface area contributed by atoms with Gasteiger partial charge < -0.3 is 14.8 Å². The molecule has 0 spiro atoms. The summed E-state index contributed by atoms with van der Waals surface area (Å²) >= 11 is 0. The highest BCUT2D eigenvalue weighted by molar-refractivity contribution is 6.04. The van der Waals surface area contributed by atoms with Crippen LogP contribution in [0.25, 0.3) is 0 Å². The Morgan fingerprint density at radius 1 is 1.35 bits per heavy atom. The van der Waals surface area contributed by atoms with Crippen molar-refractivity contribution < 1.29 is 14.3 Å². The molecule has 20 heavy (non-hydrogen) atoms. The Morgan fingerprint density at radius 3 is 2.75 bits per heavy atom. The van der Waals surface area contributed by atoms with Crippen molar-refractivity contribution in [2.45, 2.75) is 13.8 Å². The van der Waals surface area contributed by atoms with Gasteiger partial charge in [-0.2, -0.15) is 5.10 Å². The maximum absolute atomic E-state index is 12.1. The lowest BCUT2D eigenvalue weighted by molar-refractivity contribution is 0.102. The number of hydrogen-bond donors (Lipinski definition) is 2. The zero-order chi connectivity index (χ0) is 14.5. The Morgan fingerprint density at radius 2 is 2.15 bits per heavy atom. The number of nitrogens with zero attached hydrogens (tertiary/aromatic N) is 1. The first-order valence-electron chi connectivity index (χ1n) is 6.28. The zero-order valence-electron chi connectivity index (χ0n) is 11.7. The third-order valence-corrected chi connectivity index (χ3v) is 2.67. The van der Waals surface area contributed by atoms with Gasteiger partial charge in [-0.05, 0) is 32.0 Å². The fraction of sp³-hybridized carbons (Fsp3) is 0.286. The molecule has 1 amide bonds. The molecule has 1 aromatic carbocycles. The lowest BCUT2D eigenvalue weighted by Crippen LogP contribution is -2.12. The summed E-state index contributed by atoms with van der Waals surface area (Å²) in [4.78, 5) is 12.1. The van der Waals surface area contributed by atoms with E-state index in [1.807, 2.05) is 13.8 Å². The minimum atomic E-state index is -0.252. The average molecular weight is 275 g/mol. The number of anilines is 1. The van der Waals surface area contributed by atoms with Gasteiger partial charge in [-0.3, -0.25) is 9.89 Å². The van der Waals surface area contributed by atoms with Crippen LogP contribution in [-0.4, -0.2) is 29.8 Å². The molecule has 2 rings (SSSR count). The number of rotatable bonds is 5. The molecule has 0 aliphatic rings. The van der Waals surface area contributed by atoms with E-state index in [0.29, 0.717) is 29.5 Å². The highest BCUT2D eigenvalue weighted by Gasteiger charge is 2.12. The summed E-state index contributed by atoms with van der Waals surface area (Å²) < 4.78 is 10.6. The minimum absolute atomic E-state index is 0.252. The summed E-state index contributed by atoms with van der Waals surface area (Å²) in [5, 5.41) is 9.43. The maximum atomic E-state index is 12.1. The number of nitrogens with one attached hydrogen (secondary N) is 2. The quantitative estimate of drug-likeness (QED) is 0.878. The summed E-state index contributed by atoms with van der Waals surface area (Å²) in [5.74, 6) is 1.37. The summed E-state index contributed by atoms with van der Waals surface area (Å²) in [6.07, 6.45) is 0. The number of carbonyl (C=O) groups is 1. The second-order valence-corrected chi connectivity index (χ2v) is 4.19. The van der Waals surface area contributed by atoms with E-state index < -0.39 is 0 Å². The molecule has 6 heteroatoms. The third kappa shape index (κ3) is 3.09. The Hall–Kier alpha value is -2.50. The summed E-state index contributed by atoms with van der Waals surface area (Å²) in [7, 11) is 1.54. The van der Waals surface area contributed by atoms with Crippen LogP contribution in [0.15, 0.2) is 24.3 Å². The molecule has 0 atom stereocenters. The van der Waals surface area contributed by atoms with E-state index in [2.05, 4.69) is 15.5 Å². The van der Waals surface area contributed by atoms with Gasteiger partial charge in [0.05, 0.1) is 13.7 Å². The predicted octanol–water partition coefficient (Wildman–Crippen LogP) is 2.38. The molecule has 0 bridgehead atoms. The van der Waals surface area contributed by atoms with Gasteiger partial charge in [-0.15, -0.1) is 0 Å². The fourth-order valence-electron chi connectivity index (χ4n) is 1.75. The number of carbonyl (C=O) groups excluding carboxylic acids is 1. The van der Waals surface area contributed by atoms with Gasteiger partial charge in [0.1, 0.15) is 0 Å². The largest absolute Gasteiger partial charge is 0.493 e. The van der Waals surface area contributed by atoms with Crippen LogP contribution in [0.4, 0.5) is 5.82 Å². The van der Waals surface area contributed by atoms with Crippen molar-refractivity contribution in [1.29, 1.82) is 0 Å². The Labute approximate surface area is 117 Å². The molecule has 0 aliphatic heterocycles. The van der Waals surface area contributed by atoms with Crippen molar-refractivity contribution in [3.05, 3.63) is 35.5 Å². The van der Waals surface area contributed by atoms with E-state index in [9.17, 15) is 4.79 Å². The van der Waals surface area contributed by atoms with E-state index in [1.165, 1.54) is 7.11 Å². The SMILES string of the molecule is CCOc1ccc(C(=O)Nc2cc(C)[nH]n2)cc1OC. The van der Waals surface area contributed by atoms with Gasteiger partial charge in [-0.1, -0.05) is 0 Å². The lowest BCUT2D eigenvalue weighted by atomic mass is 10.2. The molecule has 2 aromatic rings. The molecule has 0 unspecified atom stereocenters. The molecule has 106 valence electrons. The molecular formula is C14H17N3O3. The number of benzene rings is 1. The monoisotopic (exact) mass is 275 g/mol. The maximum Gasteiger partial charge on any atom is 0.257 e. The van der Waals surface area contributed by atoms with Gasteiger partial charge in [0.15, 0.2) is 17.3 Å². The number of ether oxygens (including phenoxy) is 2. The predicted molar refractivity (Wildman–Crippen MR) is 75.4 cm³/mol. The average Bonchev–Trinajstić information content (AvgIpc) is 2.84. The van der Waals surface area contributed by atoms with Crippen molar-refractivity contribution in [2.24, 2.45) is 0 Å². The molecule has 2 N–H and O–H groups in total. The minimum Gasteiger partial charge on any atom is -0.493 e. The van der Waals surface area contributed by atoms with Crippen LogP contribution >= 0.6 is 0 Å². The molecule has 0 fully saturated rings. The third-order valence-electron chi connectivity index (χ3n) is 2.67. The number of hydrogen-bond acceptors (Lipinski definition) is 4. The molecule has 0 saturated carbocycles. The number of aryl methyl sites for hydroxylation is 1. The fourth-order valence-corrected chi connectivity index (χ4v) is 1.75. The van der Waals surface area contributed by atoms with E-state index >= 15 is 0 Å². The topological polar surface area (TPSA) is 76.2 Å². The second kappa shape index (κ2) is 6.10. The summed E-state index contributed by atoms with van der Waals surface area (Å²) in [6.45, 7) is 4.29. The zero-order valence-corrected chi connectivity index (χ0v) is 11.7. The van der Waals surface area contributed by atoms with Gasteiger partial charge >= 0.3 is 0 Å². The molecular weight excluding hydrogens is 258 g/mol. The lowest BCUT2D eigenvalue weighted by Gasteiger charge is -2.10. The number of amides is 1. The molecule has 1 heterocycles. The Bertz CT molecular complexity index is 607. The normalized spacial score (nSPS) is 10.2. The van der Waals surface area contributed by atoms with Crippen molar-refractivity contribution in [2.75, 3.05) is 19.0 Å². The van der Waals surface area contributed by atoms with Crippen LogP contribution in [0, 0.1) is 6.92 Å². The van der Waals surface area contributed by atoms with E-state index in [1.54, 1.807) is 24.3 Å². The number of H-pyrrole nitrogens is 1. The van der Waals surface area contributed by atoms with E-state index in [4.69, 9.17) is 9.47 Å². The number of aromatic nitrogens is 2. The van der Waals surface area contributed by atoms with Crippen LogP contribution in [0.2, 0.25) is 0 Å². The van der Waals surface area contributed by atoms with Crippen LogP contribution in [-0.2, 0) is 0 Å². The highest BCUT2D eigenvalue weighted by atomic mass is 16.5. The first-order chi connectivity index (χ1) is 9.63. The Kier molecular flexibility index (Phi) is 4.24.